The van der Waals surface area contributed by atoms with Gasteiger partial charge in [-0.2, -0.15) is 0 Å². The van der Waals surface area contributed by atoms with Gasteiger partial charge in [0.25, 0.3) is 5.91 Å². The zero-order valence-electron chi connectivity index (χ0n) is 19.7. The second kappa shape index (κ2) is 7.34. The number of carbonyl (C=O) groups is 3. The molecule has 1 aromatic carbocycles. The van der Waals surface area contributed by atoms with Gasteiger partial charge in [0.05, 0.1) is 11.5 Å². The molecule has 5 atom stereocenters. The fraction of sp³-hybridized carbons (Fsp3) is 0.500. The van der Waals surface area contributed by atoms with Crippen LogP contribution in [-0.2, 0) is 20.8 Å². The van der Waals surface area contributed by atoms with Crippen molar-refractivity contribution >= 4 is 28.9 Å². The highest BCUT2D eigenvalue weighted by Crippen LogP contribution is 2.55. The molecule has 3 aliphatic carbocycles. The van der Waals surface area contributed by atoms with E-state index in [9.17, 15) is 29.7 Å². The summed E-state index contributed by atoms with van der Waals surface area (Å²) in [6.45, 7) is 1.85. The molecule has 2 fully saturated rings. The van der Waals surface area contributed by atoms with Crippen molar-refractivity contribution < 1.29 is 29.7 Å². The van der Waals surface area contributed by atoms with E-state index in [4.69, 9.17) is 5.73 Å². The van der Waals surface area contributed by atoms with Crippen LogP contribution in [0.25, 0.3) is 5.76 Å². The van der Waals surface area contributed by atoms with E-state index in [0.717, 1.165) is 36.3 Å². The van der Waals surface area contributed by atoms with Gasteiger partial charge in [0.2, 0.25) is 0 Å². The third-order valence-electron chi connectivity index (χ3n) is 8.87. The lowest BCUT2D eigenvalue weighted by atomic mass is 9.61. The largest absolute Gasteiger partial charge is 0.511 e. The van der Waals surface area contributed by atoms with Crippen LogP contribution in [0, 0.1) is 23.7 Å². The topological polar surface area (TPSA) is 144 Å². The molecule has 5 unspecified atom stereocenters. The van der Waals surface area contributed by atoms with Gasteiger partial charge in [0.15, 0.2) is 11.6 Å². The molecule has 0 bridgehead atoms. The smallest absolute Gasteiger partial charge is 0.255 e. The number of Topliss-reactive ketones (excluding diaryl/α,β-unsaturated/α-hetero) is 2. The van der Waals surface area contributed by atoms with E-state index in [1.54, 1.807) is 6.07 Å². The van der Waals surface area contributed by atoms with Crippen molar-refractivity contribution in [3.63, 3.8) is 0 Å². The summed E-state index contributed by atoms with van der Waals surface area (Å²) >= 11 is 0. The number of aliphatic hydroxyl groups is 2. The summed E-state index contributed by atoms with van der Waals surface area (Å²) in [5, 5.41) is 33.1. The number of anilines is 1. The number of phenols is 1. The van der Waals surface area contributed by atoms with Crippen LogP contribution in [0.2, 0.25) is 0 Å². The van der Waals surface area contributed by atoms with Crippen molar-refractivity contribution in [3.8, 4) is 5.75 Å². The minimum absolute atomic E-state index is 0.0528. The van der Waals surface area contributed by atoms with Gasteiger partial charge >= 0.3 is 0 Å². The molecule has 6 rings (SSSR count). The van der Waals surface area contributed by atoms with E-state index >= 15 is 0 Å². The summed E-state index contributed by atoms with van der Waals surface area (Å²) < 4.78 is 0. The van der Waals surface area contributed by atoms with Gasteiger partial charge in [0.1, 0.15) is 22.8 Å². The minimum Gasteiger partial charge on any atom is -0.511 e. The van der Waals surface area contributed by atoms with Gasteiger partial charge in [-0.1, -0.05) is 0 Å². The first-order chi connectivity index (χ1) is 16.6. The summed E-state index contributed by atoms with van der Waals surface area (Å²) in [6, 6.07) is 1.91. The Kier molecular flexibility index (Phi) is 4.64. The molecule has 5 N–H and O–H groups in total. The number of phenolic OH excluding ortho intramolecular Hbond substituents is 1. The van der Waals surface area contributed by atoms with Crippen molar-refractivity contribution in [3.05, 3.63) is 39.7 Å². The lowest BCUT2D eigenvalue weighted by Crippen LogP contribution is -2.45. The highest BCUT2D eigenvalue weighted by molar-refractivity contribution is 6.21. The van der Waals surface area contributed by atoms with E-state index in [1.807, 2.05) is 7.05 Å². The first-order valence-electron chi connectivity index (χ1n) is 12.1. The Labute approximate surface area is 202 Å². The maximum absolute atomic E-state index is 13.6. The zero-order valence-corrected chi connectivity index (χ0v) is 19.7. The number of primary amides is 1. The Hall–Kier alpha value is -3.33. The normalized spacial score (nSPS) is 32.2. The average Bonchev–Trinajstić information content (AvgIpc) is 3.12. The van der Waals surface area contributed by atoms with Crippen molar-refractivity contribution in [2.75, 3.05) is 32.1 Å². The number of aromatic hydroxyl groups is 1. The quantitative estimate of drug-likeness (QED) is 0.446. The van der Waals surface area contributed by atoms with E-state index in [-0.39, 0.29) is 41.0 Å². The van der Waals surface area contributed by atoms with Crippen LogP contribution in [0.15, 0.2) is 23.0 Å². The molecular weight excluding hydrogens is 450 g/mol. The van der Waals surface area contributed by atoms with Crippen LogP contribution in [0.4, 0.5) is 5.69 Å². The highest BCUT2D eigenvalue weighted by Gasteiger charge is 2.52. The first kappa shape index (κ1) is 22.2. The van der Waals surface area contributed by atoms with Crippen LogP contribution < -0.4 is 10.6 Å². The molecule has 1 saturated carbocycles. The lowest BCUT2D eigenvalue weighted by Gasteiger charge is -2.44. The molecule has 0 radical (unpaired) electrons. The zero-order chi connectivity index (χ0) is 24.9. The summed E-state index contributed by atoms with van der Waals surface area (Å²) in [5.41, 5.74) is 8.02. The molecule has 0 spiro atoms. The van der Waals surface area contributed by atoms with Crippen molar-refractivity contribution in [2.45, 2.75) is 31.7 Å². The van der Waals surface area contributed by atoms with Gasteiger partial charge in [0, 0.05) is 37.3 Å². The second-order valence-electron chi connectivity index (χ2n) is 10.8. The van der Waals surface area contributed by atoms with Crippen LogP contribution in [0.5, 0.6) is 5.75 Å². The molecule has 0 aromatic heterocycles. The third-order valence-corrected chi connectivity index (χ3v) is 8.87. The standard InChI is InChI=1S/C26H29N3O6/c1-28-4-3-10-9-29(2)22-13-6-11-5-12-7-15(30)20(26(27)35)25(34)18(12)23(32)17(11)24(33)19(13)16(31)8-14(22)21(10)28/h8,10-12,18,21,31,33-34H,3-7,9H2,1-2H3,(H2,27,35). The van der Waals surface area contributed by atoms with Gasteiger partial charge in [-0.25, -0.2) is 0 Å². The number of nitrogens with two attached hydrogens (primary N) is 1. The Morgan fingerprint density at radius 3 is 2.57 bits per heavy atom. The summed E-state index contributed by atoms with van der Waals surface area (Å²) in [7, 11) is 4.11. The van der Waals surface area contributed by atoms with Crippen LogP contribution in [0.1, 0.15) is 42.0 Å². The van der Waals surface area contributed by atoms with Crippen molar-refractivity contribution in [2.24, 2.45) is 29.4 Å². The number of nitrogens with zero attached hydrogens (tertiary/aromatic N) is 2. The van der Waals surface area contributed by atoms with Crippen LogP contribution in [-0.4, -0.2) is 64.9 Å². The van der Waals surface area contributed by atoms with Crippen LogP contribution in [0.3, 0.4) is 0 Å². The number of rotatable bonds is 1. The molecule has 5 aliphatic rings. The Balaban J connectivity index is 1.51. The van der Waals surface area contributed by atoms with Gasteiger partial charge in [-0.15, -0.1) is 0 Å². The Morgan fingerprint density at radius 2 is 1.86 bits per heavy atom. The number of fused-ring (bicyclic) bond motifs is 7. The number of ketones is 2. The van der Waals surface area contributed by atoms with Gasteiger partial charge in [-0.3, -0.25) is 19.3 Å². The molecule has 1 saturated heterocycles. The molecule has 2 heterocycles. The number of aliphatic hydroxyl groups excluding tert-OH is 2. The maximum Gasteiger partial charge on any atom is 0.255 e. The number of carbonyl (C=O) groups excluding carboxylic acids is 3. The van der Waals surface area contributed by atoms with Crippen LogP contribution >= 0.6 is 0 Å². The third kappa shape index (κ3) is 2.87. The van der Waals surface area contributed by atoms with Crippen molar-refractivity contribution in [1.29, 1.82) is 0 Å². The molecule has 35 heavy (non-hydrogen) atoms. The number of hydrogen-bond donors (Lipinski definition) is 4. The van der Waals surface area contributed by atoms with Crippen molar-refractivity contribution in [1.82, 2.24) is 4.90 Å². The Bertz CT molecular complexity index is 1280. The number of amides is 1. The second-order valence-corrected chi connectivity index (χ2v) is 10.8. The minimum atomic E-state index is -1.10. The predicted octanol–water partition coefficient (Wildman–Crippen LogP) is 1.75. The fourth-order valence-electron chi connectivity index (χ4n) is 7.56. The molecule has 1 amide bonds. The monoisotopic (exact) mass is 479 g/mol. The fourth-order valence-corrected chi connectivity index (χ4v) is 7.56. The van der Waals surface area contributed by atoms with E-state index in [2.05, 4.69) is 16.8 Å². The van der Waals surface area contributed by atoms with Gasteiger partial charge < -0.3 is 26.0 Å². The molecule has 2 aliphatic heterocycles. The molecule has 9 nitrogen and oxygen atoms in total. The summed E-state index contributed by atoms with van der Waals surface area (Å²) in [4.78, 5) is 42.3. The number of benzene rings is 1. The van der Waals surface area contributed by atoms with Gasteiger partial charge in [-0.05, 0) is 67.8 Å². The number of likely N-dealkylation sites (tertiary alicyclic amines) is 1. The Morgan fingerprint density at radius 1 is 1.11 bits per heavy atom. The molecular formula is C26H29N3O6. The summed E-state index contributed by atoms with van der Waals surface area (Å²) in [6.07, 6.45) is 1.86. The predicted molar refractivity (Wildman–Crippen MR) is 127 cm³/mol. The average molecular weight is 480 g/mol. The number of allylic oxidation sites excluding steroid dienone is 2. The maximum atomic E-state index is 13.6. The highest BCUT2D eigenvalue weighted by atomic mass is 16.3. The van der Waals surface area contributed by atoms with E-state index < -0.39 is 40.6 Å². The first-order valence-corrected chi connectivity index (χ1v) is 12.1. The molecule has 1 aromatic rings. The number of hydrogen-bond acceptors (Lipinski definition) is 8. The molecule has 184 valence electrons. The lowest BCUT2D eigenvalue weighted by molar-refractivity contribution is -0.127. The molecule has 9 heteroatoms. The summed E-state index contributed by atoms with van der Waals surface area (Å²) in [5.74, 6) is -4.54. The SMILES string of the molecule is CN1CC2CCN(C)C2c2cc(O)c3c(c21)CC1CC2CC(=O)C(C(N)=O)=C(O)C2C(=O)C1=C3O. The van der Waals surface area contributed by atoms with E-state index in [1.165, 1.54) is 0 Å². The van der Waals surface area contributed by atoms with E-state index in [0.29, 0.717) is 18.8 Å².